The third-order valence-corrected chi connectivity index (χ3v) is 3.74. The number of aryl methyl sites for hydroxylation is 4. The van der Waals surface area contributed by atoms with Crippen LogP contribution in [0.1, 0.15) is 35.7 Å². The first-order valence-electron chi connectivity index (χ1n) is 6.34. The molecule has 6 heteroatoms. The van der Waals surface area contributed by atoms with E-state index in [0.29, 0.717) is 11.4 Å². The molecule has 5 nitrogen and oxygen atoms in total. The summed E-state index contributed by atoms with van der Waals surface area (Å²) in [7, 11) is 1.84. The zero-order chi connectivity index (χ0) is 14.2. The second-order valence-corrected chi connectivity index (χ2v) is 5.10. The van der Waals surface area contributed by atoms with E-state index in [2.05, 4.69) is 10.2 Å². The lowest BCUT2D eigenvalue weighted by atomic mass is 10.1. The smallest absolute Gasteiger partial charge is 0.0878 e. The molecule has 2 aromatic heterocycles. The summed E-state index contributed by atoms with van der Waals surface area (Å²) in [5, 5.41) is 19.6. The number of hydrogen-bond donors (Lipinski definition) is 1. The molecule has 0 spiro atoms. The molecule has 0 bridgehead atoms. The van der Waals surface area contributed by atoms with Gasteiger partial charge in [0, 0.05) is 31.8 Å². The molecule has 0 saturated carbocycles. The van der Waals surface area contributed by atoms with Crippen LogP contribution in [0.4, 0.5) is 0 Å². The summed E-state index contributed by atoms with van der Waals surface area (Å²) in [4.78, 5) is 0. The zero-order valence-electron chi connectivity index (χ0n) is 11.7. The van der Waals surface area contributed by atoms with Gasteiger partial charge in [-0.1, -0.05) is 11.6 Å². The minimum Gasteiger partial charge on any atom is -0.388 e. The highest BCUT2D eigenvalue weighted by Crippen LogP contribution is 2.27. The van der Waals surface area contributed by atoms with Crippen LogP contribution in [0.15, 0.2) is 6.20 Å². The van der Waals surface area contributed by atoms with Crippen LogP contribution in [0.5, 0.6) is 0 Å². The van der Waals surface area contributed by atoms with Crippen molar-refractivity contribution in [2.75, 3.05) is 0 Å². The average Bonchev–Trinajstić information content (AvgIpc) is 2.83. The quantitative estimate of drug-likeness (QED) is 0.935. The highest BCUT2D eigenvalue weighted by molar-refractivity contribution is 6.31. The van der Waals surface area contributed by atoms with Crippen LogP contribution in [0, 0.1) is 13.8 Å². The van der Waals surface area contributed by atoms with Gasteiger partial charge < -0.3 is 5.11 Å². The maximum absolute atomic E-state index is 10.4. The normalized spacial score (nSPS) is 12.9. The largest absolute Gasteiger partial charge is 0.388 e. The number of aliphatic hydroxyl groups excluding tert-OH is 1. The fourth-order valence-electron chi connectivity index (χ4n) is 2.30. The average molecular weight is 283 g/mol. The molecule has 2 aromatic rings. The molecule has 1 atom stereocenters. The minimum absolute atomic E-state index is 0.444. The summed E-state index contributed by atoms with van der Waals surface area (Å²) in [5.41, 5.74) is 3.34. The number of aromatic nitrogens is 4. The molecule has 0 aliphatic carbocycles. The van der Waals surface area contributed by atoms with Gasteiger partial charge >= 0.3 is 0 Å². The molecule has 0 amide bonds. The highest BCUT2D eigenvalue weighted by Gasteiger charge is 2.20. The monoisotopic (exact) mass is 282 g/mol. The van der Waals surface area contributed by atoms with Crippen molar-refractivity contribution in [3.63, 3.8) is 0 Å². The lowest BCUT2D eigenvalue weighted by Crippen LogP contribution is -2.09. The first-order valence-corrected chi connectivity index (χ1v) is 6.71. The van der Waals surface area contributed by atoms with Crippen molar-refractivity contribution in [2.45, 2.75) is 39.8 Å². The van der Waals surface area contributed by atoms with Gasteiger partial charge in [-0.2, -0.15) is 10.2 Å². The van der Waals surface area contributed by atoms with Gasteiger partial charge in [0.15, 0.2) is 0 Å². The molecular formula is C13H19ClN4O. The Bertz CT molecular complexity index is 588. The number of nitrogens with zero attached hydrogens (tertiary/aromatic N) is 4. The third-order valence-electron chi connectivity index (χ3n) is 3.25. The SMILES string of the molecule is CCn1nc(C)c(Cl)c1CC(O)c1cn(C)nc1C. The third kappa shape index (κ3) is 2.67. The molecule has 2 rings (SSSR count). The summed E-state index contributed by atoms with van der Waals surface area (Å²) in [5.74, 6) is 0. The van der Waals surface area contributed by atoms with E-state index in [4.69, 9.17) is 11.6 Å². The van der Waals surface area contributed by atoms with E-state index in [1.165, 1.54) is 0 Å². The van der Waals surface area contributed by atoms with Crippen molar-refractivity contribution >= 4 is 11.6 Å². The summed E-state index contributed by atoms with van der Waals surface area (Å²) in [6.07, 6.45) is 1.67. The van der Waals surface area contributed by atoms with Crippen molar-refractivity contribution < 1.29 is 5.11 Å². The molecule has 104 valence electrons. The lowest BCUT2D eigenvalue weighted by molar-refractivity contribution is 0.174. The number of aliphatic hydroxyl groups is 1. The second kappa shape index (κ2) is 5.35. The minimum atomic E-state index is -0.618. The Hall–Kier alpha value is -1.33. The van der Waals surface area contributed by atoms with E-state index >= 15 is 0 Å². The summed E-state index contributed by atoms with van der Waals surface area (Å²) >= 11 is 6.25. The van der Waals surface area contributed by atoms with Crippen LogP contribution in [0.25, 0.3) is 0 Å². The molecule has 0 aliphatic heterocycles. The Morgan fingerprint density at radius 2 is 2.00 bits per heavy atom. The van der Waals surface area contributed by atoms with E-state index in [1.807, 2.05) is 38.7 Å². The standard InChI is InChI=1S/C13H19ClN4O/c1-5-18-11(13(14)9(3)16-18)6-12(19)10-7-17(4)15-8(10)2/h7,12,19H,5-6H2,1-4H3. The summed E-state index contributed by atoms with van der Waals surface area (Å²) < 4.78 is 3.55. The zero-order valence-corrected chi connectivity index (χ0v) is 12.4. The van der Waals surface area contributed by atoms with Gasteiger partial charge in [0.1, 0.15) is 0 Å². The topological polar surface area (TPSA) is 55.9 Å². The van der Waals surface area contributed by atoms with Crippen LogP contribution in [-0.4, -0.2) is 24.7 Å². The molecule has 0 aromatic carbocycles. The van der Waals surface area contributed by atoms with Gasteiger partial charge in [-0.15, -0.1) is 0 Å². The van der Waals surface area contributed by atoms with Gasteiger partial charge in [-0.05, 0) is 20.8 Å². The predicted octanol–water partition coefficient (Wildman–Crippen LogP) is 2.18. The number of halogens is 1. The van der Waals surface area contributed by atoms with Crippen LogP contribution in [0.3, 0.4) is 0 Å². The Labute approximate surface area is 117 Å². The molecule has 1 unspecified atom stereocenters. The molecule has 0 radical (unpaired) electrons. The van der Waals surface area contributed by atoms with Crippen molar-refractivity contribution in [3.05, 3.63) is 33.9 Å². The van der Waals surface area contributed by atoms with Crippen LogP contribution < -0.4 is 0 Å². The number of hydrogen-bond acceptors (Lipinski definition) is 3. The van der Waals surface area contributed by atoms with Gasteiger partial charge in [-0.25, -0.2) is 0 Å². The van der Waals surface area contributed by atoms with Crippen molar-refractivity contribution in [2.24, 2.45) is 7.05 Å². The van der Waals surface area contributed by atoms with E-state index in [-0.39, 0.29) is 0 Å². The molecule has 0 fully saturated rings. The first kappa shape index (κ1) is 14.1. The van der Waals surface area contributed by atoms with Crippen LogP contribution in [-0.2, 0) is 20.0 Å². The molecule has 1 N–H and O–H groups in total. The van der Waals surface area contributed by atoms with Gasteiger partial charge in [-0.3, -0.25) is 9.36 Å². The van der Waals surface area contributed by atoms with Crippen molar-refractivity contribution in [1.29, 1.82) is 0 Å². The summed E-state index contributed by atoms with van der Waals surface area (Å²) in [6.45, 7) is 6.51. The van der Waals surface area contributed by atoms with Gasteiger partial charge in [0.25, 0.3) is 0 Å². The number of rotatable bonds is 4. The molecule has 19 heavy (non-hydrogen) atoms. The maximum Gasteiger partial charge on any atom is 0.0878 e. The van der Waals surface area contributed by atoms with Gasteiger partial charge in [0.2, 0.25) is 0 Å². The van der Waals surface area contributed by atoms with E-state index < -0.39 is 6.10 Å². The van der Waals surface area contributed by atoms with E-state index in [1.54, 1.807) is 4.68 Å². The molecular weight excluding hydrogens is 264 g/mol. The van der Waals surface area contributed by atoms with Crippen molar-refractivity contribution in [1.82, 2.24) is 19.6 Å². The van der Waals surface area contributed by atoms with Crippen LogP contribution >= 0.6 is 11.6 Å². The maximum atomic E-state index is 10.4. The van der Waals surface area contributed by atoms with Gasteiger partial charge in [0.05, 0.1) is 28.2 Å². The van der Waals surface area contributed by atoms with Crippen molar-refractivity contribution in [3.8, 4) is 0 Å². The molecule has 0 saturated heterocycles. The Morgan fingerprint density at radius 3 is 2.53 bits per heavy atom. The van der Waals surface area contributed by atoms with Crippen LogP contribution in [0.2, 0.25) is 5.02 Å². The van der Waals surface area contributed by atoms with E-state index in [9.17, 15) is 5.11 Å². The molecule has 0 aliphatic rings. The lowest BCUT2D eigenvalue weighted by Gasteiger charge is -2.11. The second-order valence-electron chi connectivity index (χ2n) is 4.73. The molecule has 2 heterocycles. The fourth-order valence-corrected chi connectivity index (χ4v) is 2.51. The fraction of sp³-hybridized carbons (Fsp3) is 0.538. The van der Waals surface area contributed by atoms with E-state index in [0.717, 1.165) is 29.2 Å². The first-order chi connectivity index (χ1) is 8.93. The Morgan fingerprint density at radius 1 is 1.32 bits per heavy atom. The summed E-state index contributed by atoms with van der Waals surface area (Å²) in [6, 6.07) is 0. The Kier molecular flexibility index (Phi) is 3.96. The Balaban J connectivity index is 2.28. The highest BCUT2D eigenvalue weighted by atomic mass is 35.5. The predicted molar refractivity (Wildman–Crippen MR) is 74.3 cm³/mol.